The van der Waals surface area contributed by atoms with Gasteiger partial charge in [0.05, 0.1) is 13.2 Å². The fraction of sp³-hybridized carbons (Fsp3) is 0.667. The molecule has 0 spiro atoms. The number of methoxy groups -OCH3 is 1. The minimum atomic E-state index is -0.213. The van der Waals surface area contributed by atoms with Gasteiger partial charge < -0.3 is 20.1 Å². The van der Waals surface area contributed by atoms with E-state index in [0.717, 1.165) is 57.4 Å². The predicted octanol–water partition coefficient (Wildman–Crippen LogP) is 1.94. The molecule has 6 nitrogen and oxygen atoms in total. The van der Waals surface area contributed by atoms with Crippen molar-refractivity contribution in [2.24, 2.45) is 10.9 Å². The van der Waals surface area contributed by atoms with E-state index in [-0.39, 0.29) is 6.10 Å². The summed E-state index contributed by atoms with van der Waals surface area (Å²) in [6.45, 7) is 8.71. The SMILES string of the molecule is CCNC(=NCC1CCN(Cc2ccc(OC)cc2)CC1)N1CC[C@@H](O)C1. The van der Waals surface area contributed by atoms with Crippen molar-refractivity contribution in [3.05, 3.63) is 29.8 Å². The molecule has 0 radical (unpaired) electrons. The van der Waals surface area contributed by atoms with E-state index in [4.69, 9.17) is 9.73 Å². The first-order valence-corrected chi connectivity index (χ1v) is 10.2. The van der Waals surface area contributed by atoms with Gasteiger partial charge in [0.2, 0.25) is 0 Å². The van der Waals surface area contributed by atoms with E-state index in [1.54, 1.807) is 7.11 Å². The van der Waals surface area contributed by atoms with Gasteiger partial charge in [0.15, 0.2) is 5.96 Å². The zero-order valence-corrected chi connectivity index (χ0v) is 16.7. The van der Waals surface area contributed by atoms with E-state index < -0.39 is 0 Å². The van der Waals surface area contributed by atoms with Gasteiger partial charge >= 0.3 is 0 Å². The number of guanidine groups is 1. The Morgan fingerprint density at radius 3 is 2.52 bits per heavy atom. The third-order valence-electron chi connectivity index (χ3n) is 5.57. The van der Waals surface area contributed by atoms with E-state index in [9.17, 15) is 5.11 Å². The molecule has 0 saturated carbocycles. The maximum Gasteiger partial charge on any atom is 0.194 e. The second kappa shape index (κ2) is 9.95. The Labute approximate surface area is 163 Å². The van der Waals surface area contributed by atoms with Gasteiger partial charge in [0, 0.05) is 32.7 Å². The molecule has 1 aromatic rings. The van der Waals surface area contributed by atoms with Gasteiger partial charge in [-0.05, 0) is 62.9 Å². The van der Waals surface area contributed by atoms with Crippen LogP contribution in [0, 0.1) is 5.92 Å². The topological polar surface area (TPSA) is 60.3 Å². The van der Waals surface area contributed by atoms with Gasteiger partial charge in [-0.15, -0.1) is 0 Å². The molecule has 27 heavy (non-hydrogen) atoms. The monoisotopic (exact) mass is 374 g/mol. The standard InChI is InChI=1S/C21H34N4O2/c1-3-22-21(25-13-10-19(26)16-25)23-14-17-8-11-24(12-9-17)15-18-4-6-20(27-2)7-5-18/h4-7,17,19,26H,3,8-16H2,1-2H3,(H,22,23)/t19-/m1/s1. The lowest BCUT2D eigenvalue weighted by Gasteiger charge is -2.31. The summed E-state index contributed by atoms with van der Waals surface area (Å²) in [6, 6.07) is 8.38. The number of likely N-dealkylation sites (tertiary alicyclic amines) is 2. The molecule has 150 valence electrons. The van der Waals surface area contributed by atoms with Crippen molar-refractivity contribution in [3.63, 3.8) is 0 Å². The highest BCUT2D eigenvalue weighted by atomic mass is 16.5. The Hall–Kier alpha value is -1.79. The van der Waals surface area contributed by atoms with Crippen LogP contribution in [-0.4, -0.2) is 73.3 Å². The highest BCUT2D eigenvalue weighted by Crippen LogP contribution is 2.21. The number of aliphatic hydroxyl groups excluding tert-OH is 1. The first-order chi connectivity index (χ1) is 13.2. The quantitative estimate of drug-likeness (QED) is 0.589. The summed E-state index contributed by atoms with van der Waals surface area (Å²) in [5.41, 5.74) is 1.34. The highest BCUT2D eigenvalue weighted by molar-refractivity contribution is 5.80. The van der Waals surface area contributed by atoms with Crippen molar-refractivity contribution in [1.82, 2.24) is 15.1 Å². The van der Waals surface area contributed by atoms with Crippen molar-refractivity contribution in [1.29, 1.82) is 0 Å². The number of nitrogens with one attached hydrogen (secondary N) is 1. The Bertz CT molecular complexity index is 597. The number of ether oxygens (including phenoxy) is 1. The lowest BCUT2D eigenvalue weighted by atomic mass is 9.96. The molecule has 6 heteroatoms. The number of piperidine rings is 1. The summed E-state index contributed by atoms with van der Waals surface area (Å²) in [5.74, 6) is 2.53. The van der Waals surface area contributed by atoms with Gasteiger partial charge in [0.1, 0.15) is 5.75 Å². The Morgan fingerprint density at radius 2 is 1.93 bits per heavy atom. The maximum atomic E-state index is 9.78. The minimum absolute atomic E-state index is 0.213. The molecular formula is C21H34N4O2. The molecule has 2 fully saturated rings. The molecule has 2 aliphatic heterocycles. The van der Waals surface area contributed by atoms with Crippen LogP contribution in [0.2, 0.25) is 0 Å². The van der Waals surface area contributed by atoms with Gasteiger partial charge in [-0.1, -0.05) is 12.1 Å². The van der Waals surface area contributed by atoms with E-state index in [0.29, 0.717) is 12.5 Å². The van der Waals surface area contributed by atoms with Crippen LogP contribution < -0.4 is 10.1 Å². The zero-order valence-electron chi connectivity index (χ0n) is 16.7. The van der Waals surface area contributed by atoms with Crippen LogP contribution in [0.3, 0.4) is 0 Å². The van der Waals surface area contributed by atoms with Crippen LogP contribution in [0.15, 0.2) is 29.3 Å². The number of rotatable bonds is 6. The second-order valence-corrected chi connectivity index (χ2v) is 7.65. The molecule has 0 aliphatic carbocycles. The average Bonchev–Trinajstić information content (AvgIpc) is 3.13. The molecule has 0 unspecified atom stereocenters. The number of nitrogens with zero attached hydrogens (tertiary/aromatic N) is 3. The molecule has 0 amide bonds. The average molecular weight is 375 g/mol. The van der Waals surface area contributed by atoms with Crippen molar-refractivity contribution in [2.75, 3.05) is 46.4 Å². The summed E-state index contributed by atoms with van der Waals surface area (Å²) >= 11 is 0. The molecule has 2 saturated heterocycles. The number of aliphatic hydroxyl groups is 1. The highest BCUT2D eigenvalue weighted by Gasteiger charge is 2.24. The molecule has 3 rings (SSSR count). The minimum Gasteiger partial charge on any atom is -0.497 e. The smallest absolute Gasteiger partial charge is 0.194 e. The second-order valence-electron chi connectivity index (χ2n) is 7.65. The number of hydrogen-bond acceptors (Lipinski definition) is 4. The number of benzene rings is 1. The Morgan fingerprint density at radius 1 is 1.19 bits per heavy atom. The van der Waals surface area contributed by atoms with Crippen LogP contribution in [0.5, 0.6) is 5.75 Å². The largest absolute Gasteiger partial charge is 0.497 e. The van der Waals surface area contributed by atoms with Crippen molar-refractivity contribution in [3.8, 4) is 5.75 Å². The molecular weight excluding hydrogens is 340 g/mol. The Balaban J connectivity index is 1.45. The van der Waals surface area contributed by atoms with Gasteiger partial charge in [-0.25, -0.2) is 0 Å². The maximum absolute atomic E-state index is 9.78. The summed E-state index contributed by atoms with van der Waals surface area (Å²) in [4.78, 5) is 9.59. The number of β-amino-alcohol motifs (C(OH)–C–C–N with tert-alkyl or cyclic N) is 1. The summed E-state index contributed by atoms with van der Waals surface area (Å²) in [7, 11) is 1.70. The lowest BCUT2D eigenvalue weighted by Crippen LogP contribution is -2.41. The van der Waals surface area contributed by atoms with Crippen molar-refractivity contribution in [2.45, 2.75) is 38.8 Å². The third-order valence-corrected chi connectivity index (χ3v) is 5.57. The molecule has 1 atom stereocenters. The van der Waals surface area contributed by atoms with Crippen LogP contribution in [0.4, 0.5) is 0 Å². The summed E-state index contributed by atoms with van der Waals surface area (Å²) in [6.07, 6.45) is 3.02. The van der Waals surface area contributed by atoms with Crippen LogP contribution in [-0.2, 0) is 6.54 Å². The van der Waals surface area contributed by atoms with Gasteiger partial charge in [-0.2, -0.15) is 0 Å². The number of hydrogen-bond donors (Lipinski definition) is 2. The van der Waals surface area contributed by atoms with Crippen molar-refractivity contribution >= 4 is 5.96 Å². The lowest BCUT2D eigenvalue weighted by molar-refractivity contribution is 0.180. The van der Waals surface area contributed by atoms with Crippen LogP contribution in [0.1, 0.15) is 31.7 Å². The van der Waals surface area contributed by atoms with Crippen molar-refractivity contribution < 1.29 is 9.84 Å². The third kappa shape index (κ3) is 5.84. The molecule has 1 aromatic carbocycles. The molecule has 2 N–H and O–H groups in total. The van der Waals surface area contributed by atoms with Crippen LogP contribution >= 0.6 is 0 Å². The molecule has 0 aromatic heterocycles. The number of aliphatic imine (C=N–C) groups is 1. The van der Waals surface area contributed by atoms with E-state index in [2.05, 4.69) is 34.2 Å². The van der Waals surface area contributed by atoms with E-state index in [1.807, 2.05) is 12.1 Å². The molecule has 2 heterocycles. The summed E-state index contributed by atoms with van der Waals surface area (Å²) in [5, 5.41) is 13.2. The molecule has 0 bridgehead atoms. The fourth-order valence-electron chi connectivity index (χ4n) is 3.89. The first-order valence-electron chi connectivity index (χ1n) is 10.2. The van der Waals surface area contributed by atoms with Gasteiger partial charge in [-0.3, -0.25) is 9.89 Å². The predicted molar refractivity (Wildman–Crippen MR) is 109 cm³/mol. The van der Waals surface area contributed by atoms with Gasteiger partial charge in [0.25, 0.3) is 0 Å². The van der Waals surface area contributed by atoms with E-state index in [1.165, 1.54) is 18.4 Å². The first kappa shape index (κ1) is 20.0. The van der Waals surface area contributed by atoms with E-state index >= 15 is 0 Å². The van der Waals surface area contributed by atoms with Crippen LogP contribution in [0.25, 0.3) is 0 Å². The Kier molecular flexibility index (Phi) is 7.35. The molecule has 2 aliphatic rings. The summed E-state index contributed by atoms with van der Waals surface area (Å²) < 4.78 is 5.23. The normalized spacial score (nSPS) is 22.3. The fourth-order valence-corrected chi connectivity index (χ4v) is 3.89. The zero-order chi connectivity index (χ0) is 19.1.